The Bertz CT molecular complexity index is 1080. The van der Waals surface area contributed by atoms with E-state index < -0.39 is 0 Å². The fourth-order valence-corrected chi connectivity index (χ4v) is 4.60. The summed E-state index contributed by atoms with van der Waals surface area (Å²) in [6.07, 6.45) is 2.50. The molecule has 160 valence electrons. The second-order valence-electron chi connectivity index (χ2n) is 8.01. The molecule has 1 saturated heterocycles. The highest BCUT2D eigenvalue weighted by molar-refractivity contribution is 7.15. The minimum Gasteiger partial charge on any atom is -0.312 e. The Morgan fingerprint density at radius 1 is 1.13 bits per heavy atom. The number of aryl methyl sites for hydroxylation is 3. The van der Waals surface area contributed by atoms with Crippen molar-refractivity contribution in [2.45, 2.75) is 45.4 Å². The lowest BCUT2D eigenvalue weighted by Gasteiger charge is -2.17. The zero-order valence-corrected chi connectivity index (χ0v) is 18.6. The smallest absolute Gasteiger partial charge is 0.227 e. The topological polar surface area (TPSA) is 75.2 Å². The second-order valence-corrected chi connectivity index (χ2v) is 9.02. The van der Waals surface area contributed by atoms with E-state index >= 15 is 0 Å². The highest BCUT2D eigenvalue weighted by atomic mass is 32.1. The van der Waals surface area contributed by atoms with Gasteiger partial charge in [-0.2, -0.15) is 0 Å². The summed E-state index contributed by atoms with van der Waals surface area (Å²) >= 11 is 1.36. The average Bonchev–Trinajstić information content (AvgIpc) is 3.37. The molecule has 2 amide bonds. The quantitative estimate of drug-likeness (QED) is 0.588. The van der Waals surface area contributed by atoms with Gasteiger partial charge in [0.2, 0.25) is 16.9 Å². The highest BCUT2D eigenvalue weighted by Gasteiger charge is 2.34. The molecule has 1 fully saturated rings. The van der Waals surface area contributed by atoms with Crippen LogP contribution in [0.4, 0.5) is 10.8 Å². The van der Waals surface area contributed by atoms with Gasteiger partial charge in [-0.05, 0) is 55.5 Å². The summed E-state index contributed by atoms with van der Waals surface area (Å²) in [5.74, 6) is 0.0307. The molecule has 1 aromatic heterocycles. The number of benzene rings is 2. The zero-order valence-electron chi connectivity index (χ0n) is 17.8. The van der Waals surface area contributed by atoms with E-state index in [1.165, 1.54) is 28.0 Å². The third-order valence-electron chi connectivity index (χ3n) is 5.68. The first kappa shape index (κ1) is 21.2. The normalized spacial score (nSPS) is 16.0. The van der Waals surface area contributed by atoms with E-state index in [1.54, 1.807) is 0 Å². The number of amides is 2. The molecule has 31 heavy (non-hydrogen) atoms. The van der Waals surface area contributed by atoms with Crippen molar-refractivity contribution < 1.29 is 9.59 Å². The Kier molecular flexibility index (Phi) is 6.42. The molecule has 0 saturated carbocycles. The molecule has 2 aromatic carbocycles. The van der Waals surface area contributed by atoms with Gasteiger partial charge >= 0.3 is 0 Å². The van der Waals surface area contributed by atoms with Crippen LogP contribution in [0.5, 0.6) is 0 Å². The minimum atomic E-state index is -0.0575. The number of nitrogens with zero attached hydrogens (tertiary/aromatic N) is 3. The van der Waals surface area contributed by atoms with E-state index in [4.69, 9.17) is 0 Å². The molecule has 1 N–H and O–H groups in total. The number of hydrogen-bond donors (Lipinski definition) is 1. The predicted molar refractivity (Wildman–Crippen MR) is 124 cm³/mol. The predicted octanol–water partition coefficient (Wildman–Crippen LogP) is 4.64. The summed E-state index contributed by atoms with van der Waals surface area (Å²) in [4.78, 5) is 26.7. The summed E-state index contributed by atoms with van der Waals surface area (Å²) in [5, 5.41) is 12.5. The molecule has 0 spiro atoms. The SMILES string of the molecule is Cc1ccc(N2C[C@@H](c3nnc(NC(=O)CCCc4ccccc4)s3)CC2=O)cc1C. The number of anilines is 2. The van der Waals surface area contributed by atoms with Gasteiger partial charge in [-0.3, -0.25) is 9.59 Å². The maximum atomic E-state index is 12.6. The lowest BCUT2D eigenvalue weighted by atomic mass is 10.1. The molecule has 1 atom stereocenters. The van der Waals surface area contributed by atoms with Crippen molar-refractivity contribution in [2.24, 2.45) is 0 Å². The Morgan fingerprint density at radius 3 is 2.71 bits per heavy atom. The van der Waals surface area contributed by atoms with Crippen LogP contribution in [-0.2, 0) is 16.0 Å². The molecule has 0 unspecified atom stereocenters. The first-order chi connectivity index (χ1) is 15.0. The summed E-state index contributed by atoms with van der Waals surface area (Å²) in [6, 6.07) is 16.2. The Balaban J connectivity index is 1.31. The average molecular weight is 435 g/mol. The zero-order chi connectivity index (χ0) is 21.8. The van der Waals surface area contributed by atoms with Crippen LogP contribution in [0.25, 0.3) is 0 Å². The van der Waals surface area contributed by atoms with Crippen LogP contribution in [0.15, 0.2) is 48.5 Å². The molecule has 7 heteroatoms. The lowest BCUT2D eigenvalue weighted by molar-refractivity contribution is -0.117. The summed E-state index contributed by atoms with van der Waals surface area (Å²) < 4.78 is 0. The molecule has 2 heterocycles. The number of aromatic nitrogens is 2. The van der Waals surface area contributed by atoms with Gasteiger partial charge in [0.15, 0.2) is 0 Å². The maximum absolute atomic E-state index is 12.6. The van der Waals surface area contributed by atoms with Crippen molar-refractivity contribution >= 4 is 34.0 Å². The molecule has 0 radical (unpaired) electrons. The first-order valence-electron chi connectivity index (χ1n) is 10.5. The van der Waals surface area contributed by atoms with E-state index in [9.17, 15) is 9.59 Å². The van der Waals surface area contributed by atoms with E-state index in [0.29, 0.717) is 24.5 Å². The number of carbonyl (C=O) groups is 2. The van der Waals surface area contributed by atoms with Gasteiger partial charge < -0.3 is 10.2 Å². The Morgan fingerprint density at radius 2 is 1.94 bits per heavy atom. The molecule has 6 nitrogen and oxygen atoms in total. The van der Waals surface area contributed by atoms with Crippen molar-refractivity contribution in [3.63, 3.8) is 0 Å². The van der Waals surface area contributed by atoms with Gasteiger partial charge in [0, 0.05) is 31.0 Å². The number of hydrogen-bond acceptors (Lipinski definition) is 5. The monoisotopic (exact) mass is 434 g/mol. The van der Waals surface area contributed by atoms with Crippen molar-refractivity contribution in [1.29, 1.82) is 0 Å². The Hall–Kier alpha value is -3.06. The molecule has 0 aliphatic carbocycles. The van der Waals surface area contributed by atoms with Gasteiger partial charge in [-0.25, -0.2) is 0 Å². The van der Waals surface area contributed by atoms with Crippen molar-refractivity contribution in [3.8, 4) is 0 Å². The standard InChI is InChI=1S/C24H26N4O2S/c1-16-11-12-20(13-17(16)2)28-15-19(14-22(28)30)23-26-27-24(31-23)25-21(29)10-6-9-18-7-4-3-5-8-18/h3-5,7-8,11-13,19H,6,9-10,14-15H2,1-2H3,(H,25,27,29)/t19-/m0/s1. The number of nitrogens with one attached hydrogen (secondary N) is 1. The summed E-state index contributed by atoms with van der Waals surface area (Å²) in [7, 11) is 0. The van der Waals surface area contributed by atoms with Crippen LogP contribution in [0, 0.1) is 13.8 Å². The molecular formula is C24H26N4O2S. The van der Waals surface area contributed by atoms with Crippen molar-refractivity contribution in [1.82, 2.24) is 10.2 Å². The highest BCUT2D eigenvalue weighted by Crippen LogP contribution is 2.34. The van der Waals surface area contributed by atoms with Gasteiger partial charge in [0.05, 0.1) is 0 Å². The van der Waals surface area contributed by atoms with Crippen LogP contribution in [0.2, 0.25) is 0 Å². The lowest BCUT2D eigenvalue weighted by Crippen LogP contribution is -2.24. The molecule has 0 bridgehead atoms. The fourth-order valence-electron chi connectivity index (χ4n) is 3.75. The first-order valence-corrected chi connectivity index (χ1v) is 11.4. The van der Waals surface area contributed by atoms with Crippen molar-refractivity contribution in [2.75, 3.05) is 16.8 Å². The van der Waals surface area contributed by atoms with E-state index in [1.807, 2.05) is 35.2 Å². The summed E-state index contributed by atoms with van der Waals surface area (Å²) in [5.41, 5.74) is 4.53. The number of carbonyl (C=O) groups excluding carboxylic acids is 2. The molecule has 1 aliphatic rings. The van der Waals surface area contributed by atoms with Gasteiger partial charge in [0.25, 0.3) is 0 Å². The largest absolute Gasteiger partial charge is 0.312 e. The molecule has 4 rings (SSSR count). The van der Waals surface area contributed by atoms with Crippen LogP contribution in [-0.4, -0.2) is 28.6 Å². The fraction of sp³-hybridized carbons (Fsp3) is 0.333. The minimum absolute atomic E-state index is 0.00431. The van der Waals surface area contributed by atoms with Crippen LogP contribution in [0.3, 0.4) is 0 Å². The van der Waals surface area contributed by atoms with Gasteiger partial charge in [-0.15, -0.1) is 10.2 Å². The van der Waals surface area contributed by atoms with Crippen LogP contribution >= 0.6 is 11.3 Å². The molecule has 3 aromatic rings. The van der Waals surface area contributed by atoms with Crippen molar-refractivity contribution in [3.05, 3.63) is 70.2 Å². The second kappa shape index (κ2) is 9.39. The third kappa shape index (κ3) is 5.17. The van der Waals surface area contributed by atoms with Gasteiger partial charge in [0.1, 0.15) is 5.01 Å². The van der Waals surface area contributed by atoms with E-state index in [-0.39, 0.29) is 17.7 Å². The Labute approximate surface area is 186 Å². The van der Waals surface area contributed by atoms with Crippen LogP contribution in [0.1, 0.15) is 46.9 Å². The van der Waals surface area contributed by atoms with Crippen LogP contribution < -0.4 is 10.2 Å². The molecular weight excluding hydrogens is 408 g/mol. The number of rotatable bonds is 7. The molecule has 1 aliphatic heterocycles. The van der Waals surface area contributed by atoms with E-state index in [2.05, 4.69) is 47.6 Å². The third-order valence-corrected chi connectivity index (χ3v) is 6.68. The van der Waals surface area contributed by atoms with E-state index in [0.717, 1.165) is 23.5 Å². The summed E-state index contributed by atoms with van der Waals surface area (Å²) in [6.45, 7) is 4.70. The maximum Gasteiger partial charge on any atom is 0.227 e. The van der Waals surface area contributed by atoms with Gasteiger partial charge in [-0.1, -0.05) is 47.7 Å².